The van der Waals surface area contributed by atoms with E-state index in [1.807, 2.05) is 26.0 Å². The van der Waals surface area contributed by atoms with Gasteiger partial charge in [0.15, 0.2) is 0 Å². The zero-order valence-corrected chi connectivity index (χ0v) is 11.5. The van der Waals surface area contributed by atoms with Gasteiger partial charge in [-0.2, -0.15) is 5.10 Å². The first kappa shape index (κ1) is 11.3. The van der Waals surface area contributed by atoms with Crippen LogP contribution in [-0.4, -0.2) is 24.7 Å². The molecule has 3 rings (SSSR count). The number of pyridine rings is 2. The summed E-state index contributed by atoms with van der Waals surface area (Å²) in [5.41, 5.74) is 2.54. The predicted octanol–water partition coefficient (Wildman–Crippen LogP) is 2.59. The van der Waals surface area contributed by atoms with E-state index in [1.165, 1.54) is 0 Å². The van der Waals surface area contributed by atoms with Gasteiger partial charge in [0.1, 0.15) is 17.2 Å². The lowest BCUT2D eigenvalue weighted by atomic mass is 10.3. The normalized spacial score (nSPS) is 11.1. The minimum atomic E-state index is 0.745. The second kappa shape index (κ2) is 4.13. The van der Waals surface area contributed by atoms with Gasteiger partial charge in [-0.15, -0.1) is 0 Å². The van der Waals surface area contributed by atoms with E-state index in [4.69, 9.17) is 0 Å². The molecule has 0 unspecified atom stereocenters. The van der Waals surface area contributed by atoms with Crippen LogP contribution in [0.15, 0.2) is 29.0 Å². The van der Waals surface area contributed by atoms with Crippen molar-refractivity contribution in [2.45, 2.75) is 13.8 Å². The zero-order valence-electron chi connectivity index (χ0n) is 9.92. The summed E-state index contributed by atoms with van der Waals surface area (Å²) >= 11 is 3.39. The molecule has 0 fully saturated rings. The first-order chi connectivity index (χ1) is 8.65. The summed E-state index contributed by atoms with van der Waals surface area (Å²) in [7, 11) is 0. The topological polar surface area (TPSA) is 56.5 Å². The Morgan fingerprint density at radius 3 is 2.78 bits per heavy atom. The van der Waals surface area contributed by atoms with E-state index in [0.717, 1.165) is 32.8 Å². The molecule has 0 saturated carbocycles. The van der Waals surface area contributed by atoms with Crippen molar-refractivity contribution < 1.29 is 0 Å². The molecule has 3 aromatic rings. The molecule has 0 N–H and O–H groups in total. The van der Waals surface area contributed by atoms with Gasteiger partial charge in [-0.1, -0.05) is 0 Å². The average molecular weight is 304 g/mol. The molecule has 0 radical (unpaired) electrons. The van der Waals surface area contributed by atoms with Crippen molar-refractivity contribution in [3.05, 3.63) is 40.6 Å². The molecule has 0 atom stereocenters. The largest absolute Gasteiger partial charge is 0.254 e. The van der Waals surface area contributed by atoms with Gasteiger partial charge < -0.3 is 0 Å². The molecule has 3 aromatic heterocycles. The lowest BCUT2D eigenvalue weighted by molar-refractivity contribution is 0.834. The van der Waals surface area contributed by atoms with Crippen molar-refractivity contribution in [3.8, 4) is 5.69 Å². The van der Waals surface area contributed by atoms with Crippen LogP contribution in [0, 0.1) is 13.8 Å². The first-order valence-corrected chi connectivity index (χ1v) is 6.25. The Kier molecular flexibility index (Phi) is 2.59. The summed E-state index contributed by atoms with van der Waals surface area (Å²) < 4.78 is 2.70. The lowest BCUT2D eigenvalue weighted by Gasteiger charge is -2.06. The number of halogens is 1. The van der Waals surface area contributed by atoms with E-state index < -0.39 is 0 Å². The molecule has 0 spiro atoms. The third kappa shape index (κ3) is 1.78. The van der Waals surface area contributed by atoms with Gasteiger partial charge in [0, 0.05) is 16.9 Å². The van der Waals surface area contributed by atoms with E-state index in [-0.39, 0.29) is 0 Å². The van der Waals surface area contributed by atoms with Crippen molar-refractivity contribution in [1.29, 1.82) is 0 Å². The third-order valence-electron chi connectivity index (χ3n) is 2.63. The molecule has 6 heteroatoms. The molecular formula is C12H10BrN5. The number of hydrogen-bond acceptors (Lipinski definition) is 4. The monoisotopic (exact) mass is 303 g/mol. The Hall–Kier alpha value is -1.82. The molecule has 90 valence electrons. The second-order valence-electron chi connectivity index (χ2n) is 3.97. The highest BCUT2D eigenvalue weighted by atomic mass is 79.9. The van der Waals surface area contributed by atoms with Crippen LogP contribution in [0.4, 0.5) is 0 Å². The Balaban J connectivity index is 2.32. The summed E-state index contributed by atoms with van der Waals surface area (Å²) in [6, 6.07) is 3.83. The molecular weight excluding hydrogens is 294 g/mol. The Labute approximate surface area is 112 Å². The van der Waals surface area contributed by atoms with Crippen LogP contribution in [0.2, 0.25) is 0 Å². The molecule has 0 saturated heterocycles. The molecule has 18 heavy (non-hydrogen) atoms. The van der Waals surface area contributed by atoms with E-state index in [2.05, 4.69) is 36.0 Å². The molecule has 5 nitrogen and oxygen atoms in total. The molecule has 0 aromatic carbocycles. The fourth-order valence-electron chi connectivity index (χ4n) is 1.91. The van der Waals surface area contributed by atoms with Crippen LogP contribution >= 0.6 is 15.9 Å². The SMILES string of the molecule is Cc1nc(C)n(-c2ccnc3cc(Br)cnc23)n1. The van der Waals surface area contributed by atoms with E-state index >= 15 is 0 Å². The molecule has 0 bridgehead atoms. The maximum atomic E-state index is 4.41. The van der Waals surface area contributed by atoms with Crippen LogP contribution in [0.25, 0.3) is 16.7 Å². The smallest absolute Gasteiger partial charge is 0.148 e. The highest BCUT2D eigenvalue weighted by Crippen LogP contribution is 2.21. The quantitative estimate of drug-likeness (QED) is 0.693. The van der Waals surface area contributed by atoms with Gasteiger partial charge in [-0.3, -0.25) is 9.97 Å². The number of aromatic nitrogens is 5. The van der Waals surface area contributed by atoms with Crippen LogP contribution < -0.4 is 0 Å². The number of rotatable bonds is 1. The van der Waals surface area contributed by atoms with Gasteiger partial charge in [-0.05, 0) is 41.9 Å². The van der Waals surface area contributed by atoms with Crippen LogP contribution in [0.3, 0.4) is 0 Å². The summed E-state index contributed by atoms with van der Waals surface area (Å²) in [5, 5.41) is 4.38. The van der Waals surface area contributed by atoms with Gasteiger partial charge in [0.25, 0.3) is 0 Å². The second-order valence-corrected chi connectivity index (χ2v) is 4.89. The van der Waals surface area contributed by atoms with Crippen molar-refractivity contribution in [1.82, 2.24) is 24.7 Å². The van der Waals surface area contributed by atoms with Crippen molar-refractivity contribution in [3.63, 3.8) is 0 Å². The average Bonchev–Trinajstić information content (AvgIpc) is 2.67. The lowest BCUT2D eigenvalue weighted by Crippen LogP contribution is -2.02. The van der Waals surface area contributed by atoms with Gasteiger partial charge in [0.05, 0.1) is 11.2 Å². The van der Waals surface area contributed by atoms with Crippen LogP contribution in [0.1, 0.15) is 11.6 Å². The third-order valence-corrected chi connectivity index (χ3v) is 3.06. The highest BCUT2D eigenvalue weighted by Gasteiger charge is 2.10. The minimum Gasteiger partial charge on any atom is -0.254 e. The van der Waals surface area contributed by atoms with Crippen molar-refractivity contribution in [2.75, 3.05) is 0 Å². The van der Waals surface area contributed by atoms with E-state index in [0.29, 0.717) is 0 Å². The summed E-state index contributed by atoms with van der Waals surface area (Å²) in [4.78, 5) is 13.0. The van der Waals surface area contributed by atoms with Crippen LogP contribution in [-0.2, 0) is 0 Å². The summed E-state index contributed by atoms with van der Waals surface area (Å²) in [6.07, 6.45) is 3.51. The summed E-state index contributed by atoms with van der Waals surface area (Å²) in [6.45, 7) is 3.79. The molecule has 0 amide bonds. The van der Waals surface area contributed by atoms with Gasteiger partial charge in [-0.25, -0.2) is 9.67 Å². The Bertz CT molecular complexity index is 734. The molecule has 0 aliphatic heterocycles. The predicted molar refractivity (Wildman–Crippen MR) is 71.6 cm³/mol. The van der Waals surface area contributed by atoms with Crippen molar-refractivity contribution >= 4 is 27.0 Å². The van der Waals surface area contributed by atoms with Gasteiger partial charge >= 0.3 is 0 Å². The Morgan fingerprint density at radius 1 is 1.22 bits per heavy atom. The fraction of sp³-hybridized carbons (Fsp3) is 0.167. The Morgan fingerprint density at radius 2 is 2.06 bits per heavy atom. The fourth-order valence-corrected chi connectivity index (χ4v) is 2.23. The highest BCUT2D eigenvalue weighted by molar-refractivity contribution is 9.10. The maximum absolute atomic E-state index is 4.41. The number of aryl methyl sites for hydroxylation is 2. The standard InChI is InChI=1S/C12H10BrN5/c1-7-16-8(2)18(17-7)11-3-4-14-10-5-9(13)6-15-12(10)11/h3-6H,1-2H3. The minimum absolute atomic E-state index is 0.745. The summed E-state index contributed by atoms with van der Waals surface area (Å²) in [5.74, 6) is 1.58. The van der Waals surface area contributed by atoms with Gasteiger partial charge in [0.2, 0.25) is 0 Å². The maximum Gasteiger partial charge on any atom is 0.148 e. The van der Waals surface area contributed by atoms with E-state index in [9.17, 15) is 0 Å². The molecule has 0 aliphatic rings. The van der Waals surface area contributed by atoms with Crippen molar-refractivity contribution in [2.24, 2.45) is 0 Å². The number of hydrogen-bond donors (Lipinski definition) is 0. The van der Waals surface area contributed by atoms with E-state index in [1.54, 1.807) is 17.1 Å². The first-order valence-electron chi connectivity index (χ1n) is 5.46. The van der Waals surface area contributed by atoms with Crippen LogP contribution in [0.5, 0.6) is 0 Å². The molecule has 3 heterocycles. The number of fused-ring (bicyclic) bond motifs is 1. The number of nitrogens with zero attached hydrogens (tertiary/aromatic N) is 5. The molecule has 0 aliphatic carbocycles. The zero-order chi connectivity index (χ0) is 12.7.